The van der Waals surface area contributed by atoms with Crippen molar-refractivity contribution < 1.29 is 23.1 Å². The van der Waals surface area contributed by atoms with Gasteiger partial charge in [-0.2, -0.15) is 0 Å². The van der Waals surface area contributed by atoms with Crippen LogP contribution in [0.25, 0.3) is 17.1 Å². The van der Waals surface area contributed by atoms with Gasteiger partial charge in [-0.05, 0) is 76.2 Å². The Labute approximate surface area is 190 Å². The number of carbonyl (C=O) groups excluding carboxylic acids is 1. The zero-order chi connectivity index (χ0) is 23.5. The summed E-state index contributed by atoms with van der Waals surface area (Å²) < 4.78 is 31.4. The second-order valence-electron chi connectivity index (χ2n) is 7.70. The Hall–Kier alpha value is -4.01. The molecule has 4 rings (SSSR count). The average Bonchev–Trinajstić information content (AvgIpc) is 3.35. The van der Waals surface area contributed by atoms with Crippen LogP contribution in [-0.2, 0) is 11.3 Å². The van der Waals surface area contributed by atoms with E-state index >= 15 is 0 Å². The fourth-order valence-electron chi connectivity index (χ4n) is 3.18. The maximum atomic E-state index is 13.2. The normalized spacial score (nSPS) is 11.1. The number of ether oxygens (including phenoxy) is 2. The van der Waals surface area contributed by atoms with Crippen molar-refractivity contribution in [3.8, 4) is 22.9 Å². The van der Waals surface area contributed by atoms with Gasteiger partial charge in [0.05, 0.1) is 17.5 Å². The van der Waals surface area contributed by atoms with E-state index in [1.54, 1.807) is 26.0 Å². The number of aromatic nitrogens is 4. The van der Waals surface area contributed by atoms with Crippen LogP contribution in [0.2, 0.25) is 0 Å². The van der Waals surface area contributed by atoms with Gasteiger partial charge < -0.3 is 13.9 Å². The molecular weight excluding hydrogens is 427 g/mol. The molecule has 0 atom stereocenters. The molecule has 0 bridgehead atoms. The van der Waals surface area contributed by atoms with Gasteiger partial charge in [-0.15, -0.1) is 5.10 Å². The van der Waals surface area contributed by atoms with Crippen molar-refractivity contribution in [3.05, 3.63) is 77.2 Å². The van der Waals surface area contributed by atoms with Crippen LogP contribution < -0.4 is 4.74 Å². The van der Waals surface area contributed by atoms with Crippen molar-refractivity contribution in [1.82, 2.24) is 20.0 Å². The lowest BCUT2D eigenvalue weighted by atomic mass is 10.2. The van der Waals surface area contributed by atoms with E-state index in [9.17, 15) is 9.18 Å². The largest absolute Gasteiger partial charge is 0.491 e. The Morgan fingerprint density at radius 3 is 2.45 bits per heavy atom. The number of hydrogen-bond acceptors (Lipinski definition) is 7. The molecule has 2 aromatic heterocycles. The summed E-state index contributed by atoms with van der Waals surface area (Å²) in [6.07, 6.45) is 0.0852. The molecule has 0 aliphatic heterocycles. The molecule has 0 spiro atoms. The third kappa shape index (κ3) is 4.92. The Morgan fingerprint density at radius 2 is 1.79 bits per heavy atom. The van der Waals surface area contributed by atoms with E-state index in [0.29, 0.717) is 28.7 Å². The van der Waals surface area contributed by atoms with Crippen LogP contribution in [0.4, 0.5) is 4.39 Å². The average molecular weight is 450 g/mol. The van der Waals surface area contributed by atoms with Gasteiger partial charge in [-0.3, -0.25) is 0 Å². The number of hydrogen-bond donors (Lipinski definition) is 0. The first-order valence-electron chi connectivity index (χ1n) is 10.4. The predicted molar refractivity (Wildman–Crippen MR) is 118 cm³/mol. The van der Waals surface area contributed by atoms with Crippen LogP contribution in [0.15, 0.2) is 52.9 Å². The summed E-state index contributed by atoms with van der Waals surface area (Å²) in [5.41, 5.74) is 2.42. The molecule has 0 fully saturated rings. The zero-order valence-electron chi connectivity index (χ0n) is 18.7. The molecule has 2 aromatic carbocycles. The van der Waals surface area contributed by atoms with Gasteiger partial charge in [0.2, 0.25) is 5.89 Å². The minimum absolute atomic E-state index is 0.0708. The third-order valence-corrected chi connectivity index (χ3v) is 4.86. The first-order chi connectivity index (χ1) is 15.8. The van der Waals surface area contributed by atoms with Gasteiger partial charge in [0.15, 0.2) is 5.69 Å². The van der Waals surface area contributed by atoms with Crippen LogP contribution in [0.5, 0.6) is 5.75 Å². The molecule has 0 N–H and O–H groups in total. The molecule has 0 radical (unpaired) electrons. The van der Waals surface area contributed by atoms with Gasteiger partial charge in [-0.1, -0.05) is 5.21 Å². The molecule has 33 heavy (non-hydrogen) atoms. The molecule has 0 unspecified atom stereocenters. The minimum atomic E-state index is -0.639. The lowest BCUT2D eigenvalue weighted by Gasteiger charge is -2.09. The molecule has 0 aliphatic rings. The van der Waals surface area contributed by atoms with Crippen molar-refractivity contribution in [2.24, 2.45) is 0 Å². The molecule has 8 nitrogen and oxygen atoms in total. The number of oxazole rings is 1. The number of benzene rings is 2. The highest BCUT2D eigenvalue weighted by Gasteiger charge is 2.20. The van der Waals surface area contributed by atoms with E-state index in [1.807, 2.05) is 38.1 Å². The molecular formula is C24H23FN4O4. The fraction of sp³-hybridized carbons (Fsp3) is 0.250. The van der Waals surface area contributed by atoms with Crippen molar-refractivity contribution in [2.45, 2.75) is 40.4 Å². The van der Waals surface area contributed by atoms with Crippen LogP contribution in [-0.4, -0.2) is 32.1 Å². The second-order valence-corrected chi connectivity index (χ2v) is 7.70. The predicted octanol–water partition coefficient (Wildman–Crippen LogP) is 4.82. The number of rotatable bonds is 7. The van der Waals surface area contributed by atoms with E-state index in [2.05, 4.69) is 15.3 Å². The zero-order valence-corrected chi connectivity index (χ0v) is 18.7. The Balaban J connectivity index is 1.44. The number of halogens is 1. The van der Waals surface area contributed by atoms with E-state index in [-0.39, 0.29) is 24.2 Å². The van der Waals surface area contributed by atoms with Crippen molar-refractivity contribution in [2.75, 3.05) is 0 Å². The maximum absolute atomic E-state index is 13.2. The van der Waals surface area contributed by atoms with E-state index < -0.39 is 5.97 Å². The third-order valence-electron chi connectivity index (χ3n) is 4.86. The summed E-state index contributed by atoms with van der Waals surface area (Å²) in [5.74, 6) is 0.730. The summed E-state index contributed by atoms with van der Waals surface area (Å²) in [5, 5.41) is 7.90. The first-order valence-corrected chi connectivity index (χ1v) is 10.4. The Kier molecular flexibility index (Phi) is 6.21. The van der Waals surface area contributed by atoms with Crippen LogP contribution in [0.1, 0.15) is 41.5 Å². The molecule has 0 saturated heterocycles. The van der Waals surface area contributed by atoms with E-state index in [4.69, 9.17) is 13.9 Å². The van der Waals surface area contributed by atoms with E-state index in [1.165, 1.54) is 16.8 Å². The SMILES string of the molecule is Cc1oc(-c2ccc(OC(C)C)cc2)nc1COC(=O)c1nnn(-c2ccc(F)cc2)c1C. The lowest BCUT2D eigenvalue weighted by molar-refractivity contribution is 0.0459. The summed E-state index contributed by atoms with van der Waals surface area (Å²) in [7, 11) is 0. The fourth-order valence-corrected chi connectivity index (χ4v) is 3.18. The van der Waals surface area contributed by atoms with Crippen molar-refractivity contribution in [1.29, 1.82) is 0 Å². The highest BCUT2D eigenvalue weighted by atomic mass is 19.1. The topological polar surface area (TPSA) is 92.3 Å². The van der Waals surface area contributed by atoms with Crippen molar-refractivity contribution in [3.63, 3.8) is 0 Å². The summed E-state index contributed by atoms with van der Waals surface area (Å²) in [6.45, 7) is 7.29. The van der Waals surface area contributed by atoms with Gasteiger partial charge in [0.1, 0.15) is 29.6 Å². The molecule has 170 valence electrons. The minimum Gasteiger partial charge on any atom is -0.491 e. The molecule has 0 amide bonds. The van der Waals surface area contributed by atoms with Crippen LogP contribution in [0.3, 0.4) is 0 Å². The summed E-state index contributed by atoms with van der Waals surface area (Å²) in [4.78, 5) is 17.0. The quantitative estimate of drug-likeness (QED) is 0.373. The Morgan fingerprint density at radius 1 is 1.09 bits per heavy atom. The number of nitrogens with zero attached hydrogens (tertiary/aromatic N) is 4. The summed E-state index contributed by atoms with van der Waals surface area (Å²) >= 11 is 0. The maximum Gasteiger partial charge on any atom is 0.361 e. The number of esters is 1. The molecule has 0 aliphatic carbocycles. The van der Waals surface area contributed by atoms with Crippen LogP contribution in [0, 0.1) is 19.7 Å². The van der Waals surface area contributed by atoms with Gasteiger partial charge in [0.25, 0.3) is 0 Å². The molecule has 0 saturated carbocycles. The number of aryl methyl sites for hydroxylation is 1. The lowest BCUT2D eigenvalue weighted by Crippen LogP contribution is -2.09. The van der Waals surface area contributed by atoms with Gasteiger partial charge >= 0.3 is 5.97 Å². The highest BCUT2D eigenvalue weighted by molar-refractivity contribution is 5.88. The van der Waals surface area contributed by atoms with Gasteiger partial charge in [0, 0.05) is 5.56 Å². The molecule has 4 aromatic rings. The van der Waals surface area contributed by atoms with Crippen LogP contribution >= 0.6 is 0 Å². The Bertz CT molecular complexity index is 1260. The van der Waals surface area contributed by atoms with E-state index in [0.717, 1.165) is 11.3 Å². The first kappa shape index (κ1) is 22.2. The molecule has 2 heterocycles. The summed E-state index contributed by atoms with van der Waals surface area (Å²) in [6, 6.07) is 13.1. The second kappa shape index (κ2) is 9.23. The monoisotopic (exact) mass is 450 g/mol. The standard InChI is InChI=1S/C24H23FN4O4/c1-14(2)32-20-11-5-17(6-12-20)23-26-21(16(4)33-23)13-31-24(30)22-15(3)29(28-27-22)19-9-7-18(25)8-10-19/h5-12,14H,13H2,1-4H3. The molecule has 9 heteroatoms. The van der Waals surface area contributed by atoms with Crippen molar-refractivity contribution >= 4 is 5.97 Å². The smallest absolute Gasteiger partial charge is 0.361 e. The number of carbonyl (C=O) groups is 1. The highest BCUT2D eigenvalue weighted by Crippen LogP contribution is 2.25. The van der Waals surface area contributed by atoms with Gasteiger partial charge in [-0.25, -0.2) is 18.9 Å².